The molecular weight excluding hydrogens is 320 g/mol. The minimum Gasteiger partial charge on any atom is -0.494 e. The van der Waals surface area contributed by atoms with Crippen molar-refractivity contribution >= 4 is 28.5 Å². The number of amides is 1. The van der Waals surface area contributed by atoms with E-state index in [1.807, 2.05) is 30.5 Å². The summed E-state index contributed by atoms with van der Waals surface area (Å²) in [6, 6.07) is 10.8. The van der Waals surface area contributed by atoms with Crippen molar-refractivity contribution in [2.24, 2.45) is 0 Å². The van der Waals surface area contributed by atoms with Crippen LogP contribution in [0.3, 0.4) is 0 Å². The van der Waals surface area contributed by atoms with E-state index in [9.17, 15) is 14.7 Å². The molecule has 0 bridgehead atoms. The maximum Gasteiger partial charge on any atom is 0.336 e. The van der Waals surface area contributed by atoms with Crippen LogP contribution < -0.4 is 10.1 Å². The number of aromatic amines is 1. The predicted molar refractivity (Wildman–Crippen MR) is 95.4 cm³/mol. The molecule has 0 saturated carbocycles. The lowest BCUT2D eigenvalue weighted by molar-refractivity contribution is -0.114. The van der Waals surface area contributed by atoms with Crippen LogP contribution >= 0.6 is 0 Å². The summed E-state index contributed by atoms with van der Waals surface area (Å²) in [7, 11) is 1.46. The van der Waals surface area contributed by atoms with Crippen molar-refractivity contribution in [2.45, 2.75) is 13.3 Å². The van der Waals surface area contributed by atoms with Crippen LogP contribution in [0.25, 0.3) is 10.9 Å². The van der Waals surface area contributed by atoms with Gasteiger partial charge in [-0.1, -0.05) is 18.2 Å². The molecule has 0 fully saturated rings. The number of nitrogens with one attached hydrogen (secondary N) is 2. The number of carboxylic acid groups (broad SMARTS) is 1. The van der Waals surface area contributed by atoms with Crippen LogP contribution in [0, 0.1) is 0 Å². The lowest BCUT2D eigenvalue weighted by Gasteiger charge is -2.16. The number of anilines is 1. The van der Waals surface area contributed by atoms with Crippen molar-refractivity contribution in [3.05, 3.63) is 59.3 Å². The molecule has 1 amide bonds. The number of hydrogen-bond acceptors (Lipinski definition) is 3. The van der Waals surface area contributed by atoms with Gasteiger partial charge in [-0.15, -0.1) is 0 Å². The maximum absolute atomic E-state index is 11.7. The first-order valence-electron chi connectivity index (χ1n) is 7.77. The number of methoxy groups -OCH3 is 1. The van der Waals surface area contributed by atoms with Gasteiger partial charge in [-0.2, -0.15) is 0 Å². The second kappa shape index (κ2) is 6.68. The molecule has 3 rings (SSSR count). The molecule has 6 heteroatoms. The van der Waals surface area contributed by atoms with Crippen LogP contribution in [-0.2, 0) is 11.2 Å². The SMILES string of the molecule is COc1c(NC(C)=O)ccc(C(=O)O)c1Cc1c[nH]c2ccccc12. The Labute approximate surface area is 144 Å². The summed E-state index contributed by atoms with van der Waals surface area (Å²) >= 11 is 0. The zero-order chi connectivity index (χ0) is 18.0. The zero-order valence-electron chi connectivity index (χ0n) is 13.9. The Hall–Kier alpha value is -3.28. The maximum atomic E-state index is 11.7. The van der Waals surface area contributed by atoms with Crippen molar-refractivity contribution in [1.29, 1.82) is 0 Å². The molecule has 0 spiro atoms. The third-order valence-corrected chi connectivity index (χ3v) is 4.05. The Kier molecular flexibility index (Phi) is 4.43. The molecule has 128 valence electrons. The predicted octanol–water partition coefficient (Wildman–Crippen LogP) is 3.42. The van der Waals surface area contributed by atoms with Crippen LogP contribution in [-0.4, -0.2) is 29.1 Å². The van der Waals surface area contributed by atoms with E-state index in [-0.39, 0.29) is 11.5 Å². The Morgan fingerprint density at radius 3 is 2.64 bits per heavy atom. The van der Waals surface area contributed by atoms with E-state index in [0.717, 1.165) is 16.5 Å². The summed E-state index contributed by atoms with van der Waals surface area (Å²) in [6.45, 7) is 1.39. The summed E-state index contributed by atoms with van der Waals surface area (Å²) in [6.07, 6.45) is 2.23. The summed E-state index contributed by atoms with van der Waals surface area (Å²) in [5.74, 6) is -0.928. The number of H-pyrrole nitrogens is 1. The minimum atomic E-state index is -1.04. The summed E-state index contributed by atoms with van der Waals surface area (Å²) < 4.78 is 5.44. The molecule has 25 heavy (non-hydrogen) atoms. The average molecular weight is 338 g/mol. The Bertz CT molecular complexity index is 959. The summed E-state index contributed by atoms with van der Waals surface area (Å²) in [5.41, 5.74) is 3.06. The van der Waals surface area contributed by atoms with Crippen molar-refractivity contribution in [1.82, 2.24) is 4.98 Å². The third-order valence-electron chi connectivity index (χ3n) is 4.05. The van der Waals surface area contributed by atoms with Gasteiger partial charge in [0, 0.05) is 36.0 Å². The number of ether oxygens (including phenoxy) is 1. The number of aromatic carboxylic acids is 1. The van der Waals surface area contributed by atoms with Gasteiger partial charge >= 0.3 is 5.97 Å². The number of aromatic nitrogens is 1. The Balaban J connectivity index is 2.14. The Morgan fingerprint density at radius 1 is 1.20 bits per heavy atom. The molecular formula is C19H18N2O4. The van der Waals surface area contributed by atoms with Crippen molar-refractivity contribution < 1.29 is 19.4 Å². The van der Waals surface area contributed by atoms with E-state index in [2.05, 4.69) is 10.3 Å². The fraction of sp³-hybridized carbons (Fsp3) is 0.158. The molecule has 0 atom stereocenters. The number of fused-ring (bicyclic) bond motifs is 1. The number of para-hydroxylation sites is 1. The molecule has 0 aliphatic carbocycles. The topological polar surface area (TPSA) is 91.4 Å². The lowest BCUT2D eigenvalue weighted by atomic mass is 9.97. The van der Waals surface area contributed by atoms with Gasteiger partial charge in [0.05, 0.1) is 18.4 Å². The van der Waals surface area contributed by atoms with E-state index in [1.165, 1.54) is 20.1 Å². The fourth-order valence-electron chi connectivity index (χ4n) is 2.99. The minimum absolute atomic E-state index is 0.149. The van der Waals surface area contributed by atoms with Crippen molar-refractivity contribution in [2.75, 3.05) is 12.4 Å². The monoisotopic (exact) mass is 338 g/mol. The molecule has 3 N–H and O–H groups in total. The van der Waals surface area contributed by atoms with Crippen LogP contribution in [0.5, 0.6) is 5.75 Å². The second-order valence-electron chi connectivity index (χ2n) is 5.70. The van der Waals surface area contributed by atoms with Gasteiger partial charge in [-0.05, 0) is 23.8 Å². The van der Waals surface area contributed by atoms with Gasteiger partial charge < -0.3 is 20.1 Å². The zero-order valence-corrected chi connectivity index (χ0v) is 13.9. The van der Waals surface area contributed by atoms with Gasteiger partial charge in [-0.25, -0.2) is 4.79 Å². The fourth-order valence-corrected chi connectivity index (χ4v) is 2.99. The normalized spacial score (nSPS) is 10.6. The van der Waals surface area contributed by atoms with Crippen LogP contribution in [0.2, 0.25) is 0 Å². The molecule has 0 saturated heterocycles. The van der Waals surface area contributed by atoms with E-state index >= 15 is 0 Å². The van der Waals surface area contributed by atoms with Gasteiger partial charge in [0.25, 0.3) is 0 Å². The summed E-state index contributed by atoms with van der Waals surface area (Å²) in [5, 5.41) is 13.3. The summed E-state index contributed by atoms with van der Waals surface area (Å²) in [4.78, 5) is 26.3. The number of carbonyl (C=O) groups excluding carboxylic acids is 1. The first-order valence-corrected chi connectivity index (χ1v) is 7.77. The molecule has 2 aromatic carbocycles. The number of carboxylic acids is 1. The number of benzene rings is 2. The van der Waals surface area contributed by atoms with Gasteiger partial charge in [0.2, 0.25) is 5.91 Å². The van der Waals surface area contributed by atoms with E-state index in [4.69, 9.17) is 4.74 Å². The molecule has 0 aliphatic heterocycles. The molecule has 1 aromatic heterocycles. The highest BCUT2D eigenvalue weighted by molar-refractivity contribution is 5.96. The van der Waals surface area contributed by atoms with E-state index in [1.54, 1.807) is 6.07 Å². The molecule has 1 heterocycles. The molecule has 6 nitrogen and oxygen atoms in total. The highest BCUT2D eigenvalue weighted by Gasteiger charge is 2.20. The van der Waals surface area contributed by atoms with Gasteiger partial charge in [0.1, 0.15) is 5.75 Å². The van der Waals surface area contributed by atoms with Gasteiger partial charge in [-0.3, -0.25) is 4.79 Å². The number of carbonyl (C=O) groups is 2. The molecule has 0 radical (unpaired) electrons. The number of rotatable bonds is 5. The largest absolute Gasteiger partial charge is 0.494 e. The average Bonchev–Trinajstić information content (AvgIpc) is 2.97. The van der Waals surface area contributed by atoms with Gasteiger partial charge in [0.15, 0.2) is 0 Å². The van der Waals surface area contributed by atoms with Crippen molar-refractivity contribution in [3.8, 4) is 5.75 Å². The van der Waals surface area contributed by atoms with Crippen LogP contribution in [0.15, 0.2) is 42.6 Å². The molecule has 0 unspecified atom stereocenters. The quantitative estimate of drug-likeness (QED) is 0.665. The third kappa shape index (κ3) is 3.19. The Morgan fingerprint density at radius 2 is 1.96 bits per heavy atom. The van der Waals surface area contributed by atoms with Crippen LogP contribution in [0.1, 0.15) is 28.4 Å². The van der Waals surface area contributed by atoms with E-state index in [0.29, 0.717) is 23.4 Å². The lowest BCUT2D eigenvalue weighted by Crippen LogP contribution is -2.11. The molecule has 0 aliphatic rings. The number of hydrogen-bond donors (Lipinski definition) is 3. The highest BCUT2D eigenvalue weighted by Crippen LogP contribution is 2.35. The second-order valence-corrected chi connectivity index (χ2v) is 5.70. The standard InChI is InChI=1S/C19H18N2O4/c1-11(22)21-17-8-7-14(19(23)24)15(18(17)25-2)9-12-10-20-16-6-4-3-5-13(12)16/h3-8,10,20H,9H2,1-2H3,(H,21,22)(H,23,24). The van der Waals surface area contributed by atoms with Crippen LogP contribution in [0.4, 0.5) is 5.69 Å². The van der Waals surface area contributed by atoms with Crippen molar-refractivity contribution in [3.63, 3.8) is 0 Å². The smallest absolute Gasteiger partial charge is 0.336 e. The first kappa shape index (κ1) is 16.6. The molecule has 3 aromatic rings. The highest BCUT2D eigenvalue weighted by atomic mass is 16.5. The van der Waals surface area contributed by atoms with E-state index < -0.39 is 5.97 Å². The first-order chi connectivity index (χ1) is 12.0.